The van der Waals surface area contributed by atoms with Gasteiger partial charge in [0.1, 0.15) is 5.75 Å². The highest BCUT2D eigenvalue weighted by atomic mass is 79.9. The number of phenols is 1. The molecule has 1 heterocycles. The number of nitrogens with one attached hydrogen (secondary N) is 1. The Morgan fingerprint density at radius 2 is 1.67 bits per heavy atom. The van der Waals surface area contributed by atoms with Crippen LogP contribution in [-0.2, 0) is 14.8 Å². The average Bonchev–Trinajstić information content (AvgIpc) is 2.73. The van der Waals surface area contributed by atoms with Gasteiger partial charge in [-0.2, -0.15) is 9.41 Å². The molecule has 3 rings (SSSR count). The van der Waals surface area contributed by atoms with Crippen LogP contribution in [0, 0.1) is 0 Å². The van der Waals surface area contributed by atoms with Crippen LogP contribution in [0.5, 0.6) is 5.75 Å². The molecule has 10 heteroatoms. The zero-order chi connectivity index (χ0) is 21.7. The minimum absolute atomic E-state index is 0.137. The molecule has 1 amide bonds. The Balaban J connectivity index is 1.50. The predicted octanol–water partition coefficient (Wildman–Crippen LogP) is 2.00. The lowest BCUT2D eigenvalue weighted by Crippen LogP contribution is -2.50. The number of carbonyl (C=O) groups is 1. The fourth-order valence-corrected chi connectivity index (χ4v) is 4.72. The number of piperazine rings is 1. The Morgan fingerprint density at radius 1 is 1.07 bits per heavy atom. The van der Waals surface area contributed by atoms with Gasteiger partial charge in [-0.3, -0.25) is 9.69 Å². The van der Waals surface area contributed by atoms with Gasteiger partial charge in [-0.1, -0.05) is 15.9 Å². The van der Waals surface area contributed by atoms with Gasteiger partial charge < -0.3 is 5.11 Å². The molecule has 0 aliphatic carbocycles. The van der Waals surface area contributed by atoms with Crippen molar-refractivity contribution in [2.75, 3.05) is 32.7 Å². The fourth-order valence-electron chi connectivity index (χ4n) is 3.04. The molecule has 0 saturated carbocycles. The molecule has 2 aromatic carbocycles. The van der Waals surface area contributed by atoms with Crippen molar-refractivity contribution < 1.29 is 18.3 Å². The minimum Gasteiger partial charge on any atom is -0.508 e. The van der Waals surface area contributed by atoms with E-state index in [1.807, 2.05) is 4.90 Å². The number of rotatable bonds is 6. The first-order chi connectivity index (χ1) is 14.3. The summed E-state index contributed by atoms with van der Waals surface area (Å²) in [7, 11) is -3.54. The van der Waals surface area contributed by atoms with Crippen LogP contribution in [0.1, 0.15) is 12.5 Å². The highest BCUT2D eigenvalue weighted by Gasteiger charge is 2.29. The second-order valence-electron chi connectivity index (χ2n) is 6.91. The first-order valence-corrected chi connectivity index (χ1v) is 11.6. The van der Waals surface area contributed by atoms with E-state index in [1.165, 1.54) is 4.31 Å². The molecule has 0 spiro atoms. The molecule has 2 aromatic rings. The predicted molar refractivity (Wildman–Crippen MR) is 118 cm³/mol. The van der Waals surface area contributed by atoms with Crippen molar-refractivity contribution in [3.8, 4) is 5.75 Å². The van der Waals surface area contributed by atoms with Crippen LogP contribution in [0.4, 0.5) is 0 Å². The molecule has 0 bridgehead atoms. The van der Waals surface area contributed by atoms with E-state index in [2.05, 4.69) is 26.5 Å². The number of hydrogen-bond donors (Lipinski definition) is 2. The summed E-state index contributed by atoms with van der Waals surface area (Å²) in [5.74, 6) is -0.103. The second kappa shape index (κ2) is 9.69. The summed E-state index contributed by atoms with van der Waals surface area (Å²) >= 11 is 3.30. The van der Waals surface area contributed by atoms with Crippen molar-refractivity contribution in [1.82, 2.24) is 14.6 Å². The minimum atomic E-state index is -3.54. The molecule has 1 aliphatic heterocycles. The van der Waals surface area contributed by atoms with Crippen LogP contribution in [-0.4, -0.2) is 67.1 Å². The number of sulfonamides is 1. The Labute approximate surface area is 184 Å². The summed E-state index contributed by atoms with van der Waals surface area (Å²) in [5, 5.41) is 13.4. The summed E-state index contributed by atoms with van der Waals surface area (Å²) in [4.78, 5) is 14.4. The van der Waals surface area contributed by atoms with Crippen molar-refractivity contribution in [2.45, 2.75) is 11.8 Å². The highest BCUT2D eigenvalue weighted by molar-refractivity contribution is 9.10. The lowest BCUT2D eigenvalue weighted by molar-refractivity contribution is -0.122. The van der Waals surface area contributed by atoms with Gasteiger partial charge in [0.05, 0.1) is 17.2 Å². The van der Waals surface area contributed by atoms with Crippen molar-refractivity contribution in [3.05, 3.63) is 58.6 Å². The number of benzene rings is 2. The lowest BCUT2D eigenvalue weighted by Gasteiger charge is -2.33. The third kappa shape index (κ3) is 5.66. The molecule has 0 unspecified atom stereocenters. The zero-order valence-corrected chi connectivity index (χ0v) is 18.9. The number of aromatic hydroxyl groups is 1. The van der Waals surface area contributed by atoms with Crippen molar-refractivity contribution in [3.63, 3.8) is 0 Å². The van der Waals surface area contributed by atoms with Crippen molar-refractivity contribution in [1.29, 1.82) is 0 Å². The number of carbonyl (C=O) groups excluding carboxylic acids is 1. The van der Waals surface area contributed by atoms with E-state index in [-0.39, 0.29) is 23.1 Å². The van der Waals surface area contributed by atoms with E-state index >= 15 is 0 Å². The van der Waals surface area contributed by atoms with Gasteiger partial charge in [0.25, 0.3) is 5.91 Å². The second-order valence-corrected chi connectivity index (χ2v) is 9.77. The molecule has 1 fully saturated rings. The van der Waals surface area contributed by atoms with Gasteiger partial charge in [0.2, 0.25) is 10.0 Å². The molecule has 160 valence electrons. The average molecular weight is 495 g/mol. The summed E-state index contributed by atoms with van der Waals surface area (Å²) in [6.45, 7) is 3.47. The molecule has 1 aliphatic rings. The number of nitrogens with zero attached hydrogens (tertiary/aromatic N) is 3. The maximum absolute atomic E-state index is 12.7. The molecule has 30 heavy (non-hydrogen) atoms. The topological polar surface area (TPSA) is 102 Å². The maximum Gasteiger partial charge on any atom is 0.254 e. The molecule has 0 radical (unpaired) electrons. The van der Waals surface area contributed by atoms with Gasteiger partial charge in [0.15, 0.2) is 0 Å². The van der Waals surface area contributed by atoms with E-state index in [9.17, 15) is 18.3 Å². The summed E-state index contributed by atoms with van der Waals surface area (Å²) in [6.07, 6.45) is 0. The summed E-state index contributed by atoms with van der Waals surface area (Å²) < 4.78 is 27.7. The Morgan fingerprint density at radius 3 is 2.27 bits per heavy atom. The number of hydrazone groups is 1. The molecular weight excluding hydrogens is 472 g/mol. The molecule has 0 atom stereocenters. The van der Waals surface area contributed by atoms with Crippen LogP contribution in [0.15, 0.2) is 63.0 Å². The molecule has 0 aromatic heterocycles. The first-order valence-electron chi connectivity index (χ1n) is 9.36. The molecule has 2 N–H and O–H groups in total. The smallest absolute Gasteiger partial charge is 0.254 e. The van der Waals surface area contributed by atoms with Crippen molar-refractivity contribution >= 4 is 37.6 Å². The molecule has 8 nitrogen and oxygen atoms in total. The van der Waals surface area contributed by atoms with E-state index in [0.29, 0.717) is 31.9 Å². The van der Waals surface area contributed by atoms with Gasteiger partial charge in [-0.15, -0.1) is 0 Å². The number of hydrogen-bond acceptors (Lipinski definition) is 6. The monoisotopic (exact) mass is 494 g/mol. The van der Waals surface area contributed by atoms with Crippen LogP contribution in [0.3, 0.4) is 0 Å². The van der Waals surface area contributed by atoms with E-state index in [0.717, 1.165) is 10.0 Å². The fraction of sp³-hybridized carbons (Fsp3) is 0.300. The Bertz CT molecular complexity index is 1020. The SMILES string of the molecule is CC(=NNC(=O)CN1CCN(S(=O)(=O)c2ccc(Br)cc2)CC1)c1ccc(O)cc1. The third-order valence-corrected chi connectivity index (χ3v) is 7.22. The number of amides is 1. The molecule has 1 saturated heterocycles. The normalized spacial score (nSPS) is 16.4. The van der Waals surface area contributed by atoms with Gasteiger partial charge in [-0.05, 0) is 61.0 Å². The number of halogens is 1. The van der Waals surface area contributed by atoms with E-state index < -0.39 is 10.0 Å². The summed E-state index contributed by atoms with van der Waals surface area (Å²) in [6, 6.07) is 13.1. The maximum atomic E-state index is 12.7. The van der Waals surface area contributed by atoms with Crippen LogP contribution >= 0.6 is 15.9 Å². The lowest BCUT2D eigenvalue weighted by atomic mass is 10.1. The van der Waals surface area contributed by atoms with Crippen molar-refractivity contribution in [2.24, 2.45) is 5.10 Å². The quantitative estimate of drug-likeness (QED) is 0.472. The van der Waals surface area contributed by atoms with Crippen LogP contribution in [0.25, 0.3) is 0 Å². The first kappa shape index (κ1) is 22.4. The van der Waals surface area contributed by atoms with E-state index in [4.69, 9.17) is 0 Å². The third-order valence-electron chi connectivity index (χ3n) is 4.78. The number of phenolic OH excluding ortho intramolecular Hbond substituents is 1. The molecular formula is C20H23BrN4O4S. The van der Waals surface area contributed by atoms with E-state index in [1.54, 1.807) is 55.5 Å². The highest BCUT2D eigenvalue weighted by Crippen LogP contribution is 2.20. The largest absolute Gasteiger partial charge is 0.508 e. The Hall–Kier alpha value is -2.27. The van der Waals surface area contributed by atoms with Gasteiger partial charge in [-0.25, -0.2) is 13.8 Å². The summed E-state index contributed by atoms with van der Waals surface area (Å²) in [5.41, 5.74) is 3.93. The Kier molecular flexibility index (Phi) is 7.24. The standard InChI is InChI=1S/C20H23BrN4O4S/c1-15(16-2-6-18(26)7-3-16)22-23-20(27)14-24-10-12-25(13-11-24)30(28,29)19-8-4-17(21)5-9-19/h2-9,26H,10-14H2,1H3,(H,23,27). The van der Waals surface area contributed by atoms with Gasteiger partial charge >= 0.3 is 0 Å². The van der Waals surface area contributed by atoms with Crippen LogP contribution in [0.2, 0.25) is 0 Å². The van der Waals surface area contributed by atoms with Crippen LogP contribution < -0.4 is 5.43 Å². The van der Waals surface area contributed by atoms with Gasteiger partial charge in [0, 0.05) is 30.7 Å². The zero-order valence-electron chi connectivity index (χ0n) is 16.5.